The summed E-state index contributed by atoms with van der Waals surface area (Å²) >= 11 is 1.30. The van der Waals surface area contributed by atoms with Crippen molar-refractivity contribution in [1.82, 2.24) is 4.98 Å². The van der Waals surface area contributed by atoms with Gasteiger partial charge in [-0.05, 0) is 29.8 Å². The Labute approximate surface area is 125 Å². The molecular weight excluding hydrogens is 286 g/mol. The molecule has 1 heterocycles. The van der Waals surface area contributed by atoms with E-state index in [1.54, 1.807) is 0 Å². The molecule has 2 aromatic carbocycles. The largest absolute Gasteiger partial charge is 0.476 e. The highest BCUT2D eigenvalue weighted by Gasteiger charge is 2.15. The van der Waals surface area contributed by atoms with Crippen molar-refractivity contribution in [3.63, 3.8) is 0 Å². The molecule has 0 radical (unpaired) electrons. The summed E-state index contributed by atoms with van der Waals surface area (Å²) in [6.45, 7) is 0. The van der Waals surface area contributed by atoms with Crippen molar-refractivity contribution in [2.24, 2.45) is 0 Å². The molecule has 3 rings (SSSR count). The Morgan fingerprint density at radius 1 is 1.05 bits per heavy atom. The van der Waals surface area contributed by atoms with E-state index in [0.717, 1.165) is 11.3 Å². The standard InChI is InChI=1S/C16H11NO3S/c18-16(19)14-15(21-10-17-14)11-5-4-8-13(9-11)20-12-6-2-1-3-7-12/h1-10H,(H,18,19). The van der Waals surface area contributed by atoms with Gasteiger partial charge < -0.3 is 9.84 Å². The number of thiazole rings is 1. The van der Waals surface area contributed by atoms with Crippen molar-refractivity contribution in [3.05, 3.63) is 65.8 Å². The summed E-state index contributed by atoms with van der Waals surface area (Å²) < 4.78 is 5.75. The van der Waals surface area contributed by atoms with E-state index in [1.165, 1.54) is 16.8 Å². The number of carboxylic acid groups (broad SMARTS) is 1. The van der Waals surface area contributed by atoms with Crippen molar-refractivity contribution in [3.8, 4) is 21.9 Å². The molecule has 0 aliphatic heterocycles. The van der Waals surface area contributed by atoms with Gasteiger partial charge in [0.2, 0.25) is 0 Å². The maximum Gasteiger partial charge on any atom is 0.356 e. The summed E-state index contributed by atoms with van der Waals surface area (Å²) in [6.07, 6.45) is 0. The van der Waals surface area contributed by atoms with E-state index < -0.39 is 5.97 Å². The molecule has 0 saturated carbocycles. The topological polar surface area (TPSA) is 59.4 Å². The van der Waals surface area contributed by atoms with E-state index in [9.17, 15) is 4.79 Å². The van der Waals surface area contributed by atoms with Crippen LogP contribution < -0.4 is 4.74 Å². The van der Waals surface area contributed by atoms with Crippen molar-refractivity contribution in [1.29, 1.82) is 0 Å². The second-order valence-electron chi connectivity index (χ2n) is 4.28. The first kappa shape index (κ1) is 13.3. The molecule has 4 nitrogen and oxygen atoms in total. The first-order chi connectivity index (χ1) is 10.2. The molecule has 3 aromatic rings. The molecule has 0 spiro atoms. The van der Waals surface area contributed by atoms with Gasteiger partial charge in [0.1, 0.15) is 11.5 Å². The average Bonchev–Trinajstić information content (AvgIpc) is 2.98. The Balaban J connectivity index is 1.93. The molecule has 1 aromatic heterocycles. The lowest BCUT2D eigenvalue weighted by Gasteiger charge is -2.07. The average molecular weight is 297 g/mol. The number of hydrogen-bond donors (Lipinski definition) is 1. The van der Waals surface area contributed by atoms with E-state index in [2.05, 4.69) is 4.98 Å². The van der Waals surface area contributed by atoms with Gasteiger partial charge in [-0.25, -0.2) is 9.78 Å². The summed E-state index contributed by atoms with van der Waals surface area (Å²) in [7, 11) is 0. The van der Waals surface area contributed by atoms with E-state index in [1.807, 2.05) is 54.6 Å². The molecule has 0 atom stereocenters. The summed E-state index contributed by atoms with van der Waals surface area (Å²) in [5.41, 5.74) is 2.38. The van der Waals surface area contributed by atoms with Gasteiger partial charge in [-0.15, -0.1) is 11.3 Å². The van der Waals surface area contributed by atoms with Crippen LogP contribution in [0.15, 0.2) is 60.1 Å². The summed E-state index contributed by atoms with van der Waals surface area (Å²) in [5, 5.41) is 9.13. The van der Waals surface area contributed by atoms with Crippen molar-refractivity contribution >= 4 is 17.3 Å². The molecule has 21 heavy (non-hydrogen) atoms. The van der Waals surface area contributed by atoms with Gasteiger partial charge in [0.15, 0.2) is 5.69 Å². The highest BCUT2D eigenvalue weighted by Crippen LogP contribution is 2.31. The minimum Gasteiger partial charge on any atom is -0.476 e. The molecule has 104 valence electrons. The zero-order valence-electron chi connectivity index (χ0n) is 10.9. The van der Waals surface area contributed by atoms with Gasteiger partial charge in [0.05, 0.1) is 10.4 Å². The molecule has 0 bridgehead atoms. The van der Waals surface area contributed by atoms with Crippen LogP contribution in [0, 0.1) is 0 Å². The zero-order chi connectivity index (χ0) is 14.7. The molecule has 0 fully saturated rings. The SMILES string of the molecule is O=C(O)c1ncsc1-c1cccc(Oc2ccccc2)c1. The number of rotatable bonds is 4. The van der Waals surface area contributed by atoms with Crippen LogP contribution in [0.3, 0.4) is 0 Å². The van der Waals surface area contributed by atoms with Crippen LogP contribution in [0.5, 0.6) is 11.5 Å². The normalized spacial score (nSPS) is 10.3. The van der Waals surface area contributed by atoms with Crippen LogP contribution in [-0.2, 0) is 0 Å². The van der Waals surface area contributed by atoms with Gasteiger partial charge in [0.25, 0.3) is 0 Å². The number of benzene rings is 2. The monoisotopic (exact) mass is 297 g/mol. The summed E-state index contributed by atoms with van der Waals surface area (Å²) in [6, 6.07) is 16.8. The molecule has 0 aliphatic rings. The van der Waals surface area contributed by atoms with Crippen LogP contribution >= 0.6 is 11.3 Å². The second-order valence-corrected chi connectivity index (χ2v) is 5.13. The predicted molar refractivity (Wildman–Crippen MR) is 81.0 cm³/mol. The third-order valence-corrected chi connectivity index (χ3v) is 3.72. The Hall–Kier alpha value is -2.66. The Morgan fingerprint density at radius 3 is 2.57 bits per heavy atom. The van der Waals surface area contributed by atoms with Crippen LogP contribution in [0.2, 0.25) is 0 Å². The Kier molecular flexibility index (Phi) is 3.66. The lowest BCUT2D eigenvalue weighted by Crippen LogP contribution is -1.98. The van der Waals surface area contributed by atoms with Crippen LogP contribution in [0.25, 0.3) is 10.4 Å². The number of ether oxygens (including phenoxy) is 1. The quantitative estimate of drug-likeness (QED) is 0.780. The molecule has 5 heteroatoms. The van der Waals surface area contributed by atoms with Crippen molar-refractivity contribution in [2.75, 3.05) is 0 Å². The van der Waals surface area contributed by atoms with Crippen LogP contribution in [-0.4, -0.2) is 16.1 Å². The van der Waals surface area contributed by atoms with E-state index in [0.29, 0.717) is 10.6 Å². The number of carbonyl (C=O) groups is 1. The zero-order valence-corrected chi connectivity index (χ0v) is 11.7. The lowest BCUT2D eigenvalue weighted by molar-refractivity contribution is 0.0692. The van der Waals surface area contributed by atoms with E-state index >= 15 is 0 Å². The first-order valence-corrected chi connectivity index (χ1v) is 7.12. The third-order valence-electron chi connectivity index (χ3n) is 2.85. The fourth-order valence-electron chi connectivity index (χ4n) is 1.93. The number of para-hydroxylation sites is 1. The summed E-state index contributed by atoms with van der Waals surface area (Å²) in [4.78, 5) is 15.7. The van der Waals surface area contributed by atoms with Gasteiger partial charge in [-0.2, -0.15) is 0 Å². The van der Waals surface area contributed by atoms with Crippen LogP contribution in [0.4, 0.5) is 0 Å². The van der Waals surface area contributed by atoms with Crippen molar-refractivity contribution in [2.45, 2.75) is 0 Å². The maximum absolute atomic E-state index is 11.1. The van der Waals surface area contributed by atoms with Gasteiger partial charge in [-0.3, -0.25) is 0 Å². The Bertz CT molecular complexity index is 768. The number of carboxylic acids is 1. The third kappa shape index (κ3) is 2.93. The lowest BCUT2D eigenvalue weighted by atomic mass is 10.1. The van der Waals surface area contributed by atoms with E-state index in [4.69, 9.17) is 9.84 Å². The van der Waals surface area contributed by atoms with Crippen LogP contribution in [0.1, 0.15) is 10.5 Å². The summed E-state index contributed by atoms with van der Waals surface area (Å²) in [5.74, 6) is 0.362. The predicted octanol–water partition coefficient (Wildman–Crippen LogP) is 4.30. The molecule has 0 amide bonds. The molecule has 0 saturated heterocycles. The van der Waals surface area contributed by atoms with E-state index in [-0.39, 0.29) is 5.69 Å². The molecule has 1 N–H and O–H groups in total. The molecule has 0 unspecified atom stereocenters. The minimum absolute atomic E-state index is 0.0665. The first-order valence-electron chi connectivity index (χ1n) is 6.24. The fourth-order valence-corrected chi connectivity index (χ4v) is 2.71. The second kappa shape index (κ2) is 5.76. The number of aromatic nitrogens is 1. The maximum atomic E-state index is 11.1. The minimum atomic E-state index is -1.03. The Morgan fingerprint density at radius 2 is 1.81 bits per heavy atom. The molecular formula is C16H11NO3S. The number of hydrogen-bond acceptors (Lipinski definition) is 4. The van der Waals surface area contributed by atoms with Gasteiger partial charge in [0, 0.05) is 0 Å². The highest BCUT2D eigenvalue weighted by molar-refractivity contribution is 7.13. The number of nitrogens with zero attached hydrogens (tertiary/aromatic N) is 1. The molecule has 0 aliphatic carbocycles. The van der Waals surface area contributed by atoms with Gasteiger partial charge >= 0.3 is 5.97 Å². The number of aromatic carboxylic acids is 1. The van der Waals surface area contributed by atoms with Crippen molar-refractivity contribution < 1.29 is 14.6 Å². The van der Waals surface area contributed by atoms with Gasteiger partial charge in [-0.1, -0.05) is 30.3 Å². The smallest absolute Gasteiger partial charge is 0.356 e. The fraction of sp³-hybridized carbons (Fsp3) is 0. The highest BCUT2D eigenvalue weighted by atomic mass is 32.1.